The Bertz CT molecular complexity index is 863. The molecule has 6 heteroatoms. The lowest BCUT2D eigenvalue weighted by Gasteiger charge is -2.13. The number of rotatable bonds is 6. The molecule has 0 saturated heterocycles. The van der Waals surface area contributed by atoms with E-state index >= 15 is 0 Å². The lowest BCUT2D eigenvalue weighted by Crippen LogP contribution is -2.16. The summed E-state index contributed by atoms with van der Waals surface area (Å²) in [5.41, 5.74) is 3.26. The molecule has 2 N–H and O–H groups in total. The molecular weight excluding hydrogens is 326 g/mol. The van der Waals surface area contributed by atoms with Crippen LogP contribution in [0.25, 0.3) is 0 Å². The van der Waals surface area contributed by atoms with Crippen LogP contribution in [0, 0.1) is 0 Å². The second-order valence-corrected chi connectivity index (χ2v) is 6.21. The van der Waals surface area contributed by atoms with Gasteiger partial charge in [0.05, 0.1) is 0 Å². The van der Waals surface area contributed by atoms with E-state index in [0.717, 1.165) is 16.8 Å². The second-order valence-electron chi connectivity index (χ2n) is 6.21. The minimum absolute atomic E-state index is 0.272. The molecule has 2 aromatic heterocycles. The summed E-state index contributed by atoms with van der Waals surface area (Å²) < 4.78 is 0. The Morgan fingerprint density at radius 1 is 1.00 bits per heavy atom. The highest BCUT2D eigenvalue weighted by atomic mass is 16.1. The number of pyridine rings is 1. The molecule has 0 unspecified atom stereocenters. The summed E-state index contributed by atoms with van der Waals surface area (Å²) in [7, 11) is 0. The van der Waals surface area contributed by atoms with Crippen LogP contribution in [-0.4, -0.2) is 21.1 Å². The fourth-order valence-corrected chi connectivity index (χ4v) is 2.54. The first kappa shape index (κ1) is 17.5. The van der Waals surface area contributed by atoms with Crippen LogP contribution in [0.2, 0.25) is 0 Å². The number of anilines is 2. The van der Waals surface area contributed by atoms with Gasteiger partial charge in [0.15, 0.2) is 5.69 Å². The molecule has 0 saturated carbocycles. The minimum atomic E-state index is -0.272. The van der Waals surface area contributed by atoms with Crippen LogP contribution in [0.1, 0.15) is 41.4 Å². The first-order valence-corrected chi connectivity index (χ1v) is 8.50. The number of nitrogens with one attached hydrogen (secondary N) is 2. The number of para-hydroxylation sites is 1. The van der Waals surface area contributed by atoms with Gasteiger partial charge < -0.3 is 10.6 Å². The molecule has 6 nitrogen and oxygen atoms in total. The van der Waals surface area contributed by atoms with E-state index in [4.69, 9.17) is 0 Å². The van der Waals surface area contributed by atoms with Crippen molar-refractivity contribution in [1.29, 1.82) is 0 Å². The van der Waals surface area contributed by atoms with Crippen molar-refractivity contribution in [1.82, 2.24) is 15.2 Å². The summed E-state index contributed by atoms with van der Waals surface area (Å²) in [6, 6.07) is 15.0. The Hall–Kier alpha value is -3.28. The highest BCUT2D eigenvalue weighted by Crippen LogP contribution is 2.24. The van der Waals surface area contributed by atoms with Crippen LogP contribution in [0.4, 0.5) is 11.5 Å². The van der Waals surface area contributed by atoms with E-state index < -0.39 is 0 Å². The normalized spacial score (nSPS) is 10.6. The van der Waals surface area contributed by atoms with E-state index in [2.05, 4.69) is 39.7 Å². The van der Waals surface area contributed by atoms with Gasteiger partial charge in [-0.05, 0) is 47.4 Å². The van der Waals surface area contributed by atoms with Crippen LogP contribution < -0.4 is 10.6 Å². The molecule has 0 aliphatic heterocycles. The molecule has 0 spiro atoms. The number of amides is 1. The fraction of sp³-hybridized carbons (Fsp3) is 0.200. The molecule has 0 aliphatic rings. The summed E-state index contributed by atoms with van der Waals surface area (Å²) in [6.07, 6.45) is 3.48. The van der Waals surface area contributed by atoms with E-state index in [1.807, 2.05) is 36.4 Å². The van der Waals surface area contributed by atoms with Crippen molar-refractivity contribution in [2.45, 2.75) is 26.3 Å². The SMILES string of the molecule is CC(C)c1ccccc1NC(=O)c1ccc(NCc2ccncc2)nn1. The van der Waals surface area contributed by atoms with Crippen LogP contribution in [-0.2, 0) is 6.54 Å². The Morgan fingerprint density at radius 2 is 1.77 bits per heavy atom. The van der Waals surface area contributed by atoms with Crippen molar-refractivity contribution in [2.75, 3.05) is 10.6 Å². The van der Waals surface area contributed by atoms with Crippen LogP contribution in [0.15, 0.2) is 60.9 Å². The van der Waals surface area contributed by atoms with Gasteiger partial charge in [-0.3, -0.25) is 9.78 Å². The first-order valence-electron chi connectivity index (χ1n) is 8.50. The van der Waals surface area contributed by atoms with Crippen molar-refractivity contribution >= 4 is 17.4 Å². The fourth-order valence-electron chi connectivity index (χ4n) is 2.54. The number of nitrogens with zero attached hydrogens (tertiary/aromatic N) is 3. The van der Waals surface area contributed by atoms with Gasteiger partial charge in [0.1, 0.15) is 5.82 Å². The monoisotopic (exact) mass is 347 g/mol. The number of carbonyl (C=O) groups is 1. The summed E-state index contributed by atoms with van der Waals surface area (Å²) in [5, 5.41) is 14.2. The van der Waals surface area contributed by atoms with E-state index in [1.165, 1.54) is 0 Å². The second kappa shape index (κ2) is 8.20. The van der Waals surface area contributed by atoms with Crippen molar-refractivity contribution in [3.63, 3.8) is 0 Å². The minimum Gasteiger partial charge on any atom is -0.365 e. The smallest absolute Gasteiger partial charge is 0.276 e. The van der Waals surface area contributed by atoms with Gasteiger partial charge in [-0.15, -0.1) is 10.2 Å². The number of hydrogen-bond acceptors (Lipinski definition) is 5. The zero-order chi connectivity index (χ0) is 18.4. The average molecular weight is 347 g/mol. The third kappa shape index (κ3) is 4.42. The van der Waals surface area contributed by atoms with E-state index in [9.17, 15) is 4.79 Å². The van der Waals surface area contributed by atoms with Crippen molar-refractivity contribution < 1.29 is 4.79 Å². The first-order chi connectivity index (χ1) is 12.6. The number of carbonyl (C=O) groups excluding carboxylic acids is 1. The summed E-state index contributed by atoms with van der Waals surface area (Å²) in [4.78, 5) is 16.4. The van der Waals surface area contributed by atoms with Crippen LogP contribution in [0.5, 0.6) is 0 Å². The Balaban J connectivity index is 1.64. The van der Waals surface area contributed by atoms with Crippen molar-refractivity contribution in [3.8, 4) is 0 Å². The van der Waals surface area contributed by atoms with Gasteiger partial charge in [0, 0.05) is 24.6 Å². The van der Waals surface area contributed by atoms with Gasteiger partial charge >= 0.3 is 0 Å². The zero-order valence-electron chi connectivity index (χ0n) is 14.8. The van der Waals surface area contributed by atoms with Crippen LogP contribution in [0.3, 0.4) is 0 Å². The Kier molecular flexibility index (Phi) is 5.53. The maximum absolute atomic E-state index is 12.4. The highest BCUT2D eigenvalue weighted by Gasteiger charge is 2.12. The lowest BCUT2D eigenvalue weighted by atomic mass is 10.0. The summed E-state index contributed by atoms with van der Waals surface area (Å²) in [5.74, 6) is 0.657. The molecule has 1 aromatic carbocycles. The zero-order valence-corrected chi connectivity index (χ0v) is 14.8. The molecule has 0 radical (unpaired) electrons. The topological polar surface area (TPSA) is 79.8 Å². The molecule has 26 heavy (non-hydrogen) atoms. The molecule has 0 bridgehead atoms. The number of hydrogen-bond donors (Lipinski definition) is 2. The molecule has 0 fully saturated rings. The third-order valence-electron chi connectivity index (χ3n) is 3.95. The standard InChI is InChI=1S/C20H21N5O/c1-14(2)16-5-3-4-6-17(16)23-20(26)18-7-8-19(25-24-18)22-13-15-9-11-21-12-10-15/h3-12,14H,13H2,1-2H3,(H,22,25)(H,23,26). The molecule has 0 atom stereocenters. The number of aromatic nitrogens is 3. The molecular formula is C20H21N5O. The molecule has 0 aliphatic carbocycles. The Morgan fingerprint density at radius 3 is 2.46 bits per heavy atom. The largest absolute Gasteiger partial charge is 0.365 e. The predicted octanol–water partition coefficient (Wildman–Crippen LogP) is 3.86. The predicted molar refractivity (Wildman–Crippen MR) is 102 cm³/mol. The molecule has 1 amide bonds. The van der Waals surface area contributed by atoms with Crippen LogP contribution >= 0.6 is 0 Å². The van der Waals surface area contributed by atoms with Gasteiger partial charge in [0.25, 0.3) is 5.91 Å². The van der Waals surface area contributed by atoms with E-state index in [1.54, 1.807) is 24.5 Å². The van der Waals surface area contributed by atoms with Gasteiger partial charge in [-0.25, -0.2) is 0 Å². The lowest BCUT2D eigenvalue weighted by molar-refractivity contribution is 0.102. The van der Waals surface area contributed by atoms with Gasteiger partial charge in [0.2, 0.25) is 0 Å². The highest BCUT2D eigenvalue weighted by molar-refractivity contribution is 6.03. The van der Waals surface area contributed by atoms with Gasteiger partial charge in [-0.2, -0.15) is 0 Å². The van der Waals surface area contributed by atoms with Crippen molar-refractivity contribution in [3.05, 3.63) is 77.7 Å². The van der Waals surface area contributed by atoms with E-state index in [-0.39, 0.29) is 11.6 Å². The van der Waals surface area contributed by atoms with Gasteiger partial charge in [-0.1, -0.05) is 32.0 Å². The summed E-state index contributed by atoms with van der Waals surface area (Å²) >= 11 is 0. The average Bonchev–Trinajstić information content (AvgIpc) is 2.68. The molecule has 3 rings (SSSR count). The number of benzene rings is 1. The molecule has 132 valence electrons. The molecule has 2 heterocycles. The quantitative estimate of drug-likeness (QED) is 0.708. The molecule has 3 aromatic rings. The Labute approximate surface area is 152 Å². The third-order valence-corrected chi connectivity index (χ3v) is 3.95. The van der Waals surface area contributed by atoms with Crippen molar-refractivity contribution in [2.24, 2.45) is 0 Å². The van der Waals surface area contributed by atoms with E-state index in [0.29, 0.717) is 18.3 Å². The maximum atomic E-state index is 12.4. The maximum Gasteiger partial charge on any atom is 0.276 e. The summed E-state index contributed by atoms with van der Waals surface area (Å²) in [6.45, 7) is 4.80.